The Kier molecular flexibility index (Phi) is 28.9. The Hall–Kier alpha value is -8.04. The predicted octanol–water partition coefficient (Wildman–Crippen LogP) is 11.6. The number of esters is 2. The molecule has 0 aromatic heterocycles. The van der Waals surface area contributed by atoms with Crippen molar-refractivity contribution < 1.29 is 70.5 Å². The SMILES string of the molecule is C=CC(=O)OCCOC(=O)Nc1cccc(Cc2cccc(NC(=O)OC/C=C/CCC(C/C=C/COC(=O)Nc3cccc(Cc4cccc(NC(=O)OCCOC(=O)C=C)c4)c3)CC[Si](OCC)(OCC)OCC)c2)c1. The number of amides is 4. The summed E-state index contributed by atoms with van der Waals surface area (Å²) in [6, 6.07) is 29.9. The van der Waals surface area contributed by atoms with E-state index in [0.717, 1.165) is 53.7 Å². The Morgan fingerprint density at radius 3 is 1.21 bits per heavy atom. The van der Waals surface area contributed by atoms with Crippen LogP contribution in [0.25, 0.3) is 0 Å². The number of carbonyl (C=O) groups excluding carboxylic acids is 6. The van der Waals surface area contributed by atoms with E-state index in [1.54, 1.807) is 36.4 Å². The van der Waals surface area contributed by atoms with Crippen LogP contribution in [-0.4, -0.2) is 105 Å². The lowest BCUT2D eigenvalue weighted by molar-refractivity contribution is -0.139. The van der Waals surface area contributed by atoms with Crippen molar-refractivity contribution in [2.75, 3.05) is 80.7 Å². The zero-order chi connectivity index (χ0) is 56.2. The van der Waals surface area contributed by atoms with Crippen molar-refractivity contribution in [1.82, 2.24) is 0 Å². The van der Waals surface area contributed by atoms with E-state index in [-0.39, 0.29) is 45.6 Å². The Bertz CT molecular complexity index is 2610. The summed E-state index contributed by atoms with van der Waals surface area (Å²) in [4.78, 5) is 72.3. The van der Waals surface area contributed by atoms with Gasteiger partial charge >= 0.3 is 45.1 Å². The van der Waals surface area contributed by atoms with Crippen LogP contribution < -0.4 is 21.3 Å². The van der Waals surface area contributed by atoms with Crippen LogP contribution in [0.5, 0.6) is 0 Å². The molecule has 0 spiro atoms. The molecule has 19 nitrogen and oxygen atoms in total. The number of allylic oxidation sites excluding steroid dienone is 2. The standard InChI is InChI=1S/C58H72N4O15Si/c1-6-53(63)69-33-35-73-57(67)61-51-28-18-24-47(42-51)38-45-22-16-26-49(40-45)59-55(65)71-31-14-11-12-20-44(30-37-78(75-8-3,76-9-4)77-10-5)21-13-15-32-72-56(66)60-50-27-17-23-46(41-50)39-48-25-19-29-52(43-48)62-58(68)74-36-34-70-54(64)7-2/h6-7,11,13-19,22-29,40-44H,1-2,8-10,12,20-21,30-39H2,3-5H3,(H,59,65)(H,60,66)(H,61,67)(H,62,68)/b14-11+,15-13+. The Morgan fingerprint density at radius 1 is 0.474 bits per heavy atom. The average molecular weight is 1090 g/mol. The first-order valence-electron chi connectivity index (χ1n) is 25.8. The molecule has 4 aromatic carbocycles. The molecule has 4 rings (SSSR count). The van der Waals surface area contributed by atoms with Crippen LogP contribution in [0, 0.1) is 5.92 Å². The summed E-state index contributed by atoms with van der Waals surface area (Å²) in [7, 11) is -2.90. The third-order valence-corrected chi connectivity index (χ3v) is 14.2. The van der Waals surface area contributed by atoms with Gasteiger partial charge in [-0.3, -0.25) is 21.3 Å². The molecule has 4 aromatic rings. The predicted molar refractivity (Wildman–Crippen MR) is 299 cm³/mol. The fourth-order valence-electron chi connectivity index (χ4n) is 7.68. The van der Waals surface area contributed by atoms with Crippen LogP contribution in [0.15, 0.2) is 147 Å². The molecule has 0 bridgehead atoms. The molecule has 4 amide bonds. The second-order valence-corrected chi connectivity index (χ2v) is 19.7. The smallest absolute Gasteiger partial charge is 0.459 e. The number of hydrogen-bond donors (Lipinski definition) is 4. The lowest BCUT2D eigenvalue weighted by Gasteiger charge is -2.29. The van der Waals surface area contributed by atoms with Gasteiger partial charge in [-0.05, 0) is 136 Å². The molecule has 1 unspecified atom stereocenters. The van der Waals surface area contributed by atoms with E-state index in [2.05, 4.69) is 34.4 Å². The van der Waals surface area contributed by atoms with Gasteiger partial charge in [0, 0.05) is 60.8 Å². The molecular weight excluding hydrogens is 1020 g/mol. The number of anilines is 4. The quantitative estimate of drug-likeness (QED) is 0.00850. The third kappa shape index (κ3) is 25.7. The third-order valence-electron chi connectivity index (χ3n) is 11.1. The van der Waals surface area contributed by atoms with Crippen molar-refractivity contribution in [1.29, 1.82) is 0 Å². The maximum atomic E-state index is 12.8. The molecule has 4 N–H and O–H groups in total. The van der Waals surface area contributed by atoms with Gasteiger partial charge in [-0.15, -0.1) is 0 Å². The van der Waals surface area contributed by atoms with E-state index in [1.807, 2.05) is 106 Å². The topological polar surface area (TPSA) is 234 Å². The van der Waals surface area contributed by atoms with Gasteiger partial charge in [-0.2, -0.15) is 0 Å². The molecule has 0 aliphatic carbocycles. The van der Waals surface area contributed by atoms with Gasteiger partial charge in [0.1, 0.15) is 39.6 Å². The number of rotatable bonds is 34. The molecule has 1 atom stereocenters. The summed E-state index contributed by atoms with van der Waals surface area (Å²) in [5.41, 5.74) is 5.82. The molecule has 0 heterocycles. The van der Waals surface area contributed by atoms with Gasteiger partial charge in [-0.1, -0.05) is 86.0 Å². The number of nitrogens with one attached hydrogen (secondary N) is 4. The molecule has 0 saturated heterocycles. The number of carbonyl (C=O) groups is 6. The van der Waals surface area contributed by atoms with E-state index in [1.165, 1.54) is 0 Å². The van der Waals surface area contributed by atoms with Crippen LogP contribution in [0.4, 0.5) is 41.9 Å². The highest BCUT2D eigenvalue weighted by molar-refractivity contribution is 6.60. The molecule has 0 fully saturated rings. The molecule has 0 aliphatic heterocycles. The van der Waals surface area contributed by atoms with Crippen molar-refractivity contribution in [3.8, 4) is 0 Å². The molecule has 20 heteroatoms. The van der Waals surface area contributed by atoms with Crippen LogP contribution in [0.2, 0.25) is 6.04 Å². The first-order valence-corrected chi connectivity index (χ1v) is 27.7. The largest absolute Gasteiger partial charge is 0.500 e. The highest BCUT2D eigenvalue weighted by Crippen LogP contribution is 2.27. The van der Waals surface area contributed by atoms with Gasteiger partial charge in [0.25, 0.3) is 0 Å². The fraction of sp³-hybridized carbons (Fsp3) is 0.345. The first-order chi connectivity index (χ1) is 37.8. The lowest BCUT2D eigenvalue weighted by Crippen LogP contribution is -2.46. The maximum Gasteiger partial charge on any atom is 0.500 e. The molecule has 418 valence electrons. The zero-order valence-corrected chi connectivity index (χ0v) is 45.6. The van der Waals surface area contributed by atoms with Gasteiger partial charge in [0.15, 0.2) is 0 Å². The summed E-state index contributed by atoms with van der Waals surface area (Å²) >= 11 is 0. The fourth-order valence-corrected chi connectivity index (χ4v) is 10.4. The van der Waals surface area contributed by atoms with E-state index in [4.69, 9.17) is 41.7 Å². The average Bonchev–Trinajstić information content (AvgIpc) is 3.42. The van der Waals surface area contributed by atoms with Crippen molar-refractivity contribution in [2.45, 2.75) is 65.3 Å². The van der Waals surface area contributed by atoms with Gasteiger partial charge < -0.3 is 41.7 Å². The summed E-state index contributed by atoms with van der Waals surface area (Å²) in [6.07, 6.45) is 11.1. The molecule has 0 saturated carbocycles. The van der Waals surface area contributed by atoms with Gasteiger partial charge in [0.05, 0.1) is 0 Å². The van der Waals surface area contributed by atoms with E-state index in [0.29, 0.717) is 67.9 Å². The van der Waals surface area contributed by atoms with Crippen molar-refractivity contribution in [3.05, 3.63) is 169 Å². The highest BCUT2D eigenvalue weighted by Gasteiger charge is 2.40. The minimum absolute atomic E-state index is 0.0613. The van der Waals surface area contributed by atoms with E-state index < -0.39 is 45.1 Å². The molecule has 78 heavy (non-hydrogen) atoms. The van der Waals surface area contributed by atoms with E-state index in [9.17, 15) is 28.8 Å². The number of benzene rings is 4. The van der Waals surface area contributed by atoms with Crippen molar-refractivity contribution in [2.24, 2.45) is 5.92 Å². The Balaban J connectivity index is 1.23. The summed E-state index contributed by atoms with van der Waals surface area (Å²) in [6.45, 7) is 13.6. The van der Waals surface area contributed by atoms with Crippen LogP contribution in [-0.2, 0) is 64.1 Å². The zero-order valence-electron chi connectivity index (χ0n) is 44.6. The van der Waals surface area contributed by atoms with Crippen LogP contribution in [0.3, 0.4) is 0 Å². The second kappa shape index (κ2) is 36.1. The van der Waals surface area contributed by atoms with Gasteiger partial charge in [0.2, 0.25) is 0 Å². The summed E-state index contributed by atoms with van der Waals surface area (Å²) in [5, 5.41) is 10.9. The number of hydrogen-bond acceptors (Lipinski definition) is 15. The molecule has 0 radical (unpaired) electrons. The van der Waals surface area contributed by atoms with Crippen molar-refractivity contribution in [3.63, 3.8) is 0 Å². The number of ether oxygens (including phenoxy) is 6. The Labute approximate surface area is 457 Å². The second-order valence-electron chi connectivity index (χ2n) is 17.0. The minimum atomic E-state index is -2.90. The first kappa shape index (κ1) is 62.5. The molecule has 0 aliphatic rings. The van der Waals surface area contributed by atoms with Gasteiger partial charge in [-0.25, -0.2) is 28.8 Å². The Morgan fingerprint density at radius 2 is 0.833 bits per heavy atom. The van der Waals surface area contributed by atoms with Crippen LogP contribution in [0.1, 0.15) is 68.7 Å². The lowest BCUT2D eigenvalue weighted by atomic mass is 9.96. The van der Waals surface area contributed by atoms with Crippen LogP contribution >= 0.6 is 0 Å². The summed E-state index contributed by atoms with van der Waals surface area (Å²) in [5.74, 6) is -0.997. The van der Waals surface area contributed by atoms with Crippen molar-refractivity contribution >= 4 is 67.9 Å². The van der Waals surface area contributed by atoms with E-state index >= 15 is 0 Å². The minimum Gasteiger partial charge on any atom is -0.459 e. The molecular formula is C58H72N4O15Si. The normalized spacial score (nSPS) is 11.5. The highest BCUT2D eigenvalue weighted by atomic mass is 28.4. The maximum absolute atomic E-state index is 12.8. The summed E-state index contributed by atoms with van der Waals surface area (Å²) < 4.78 is 49.1. The monoisotopic (exact) mass is 1090 g/mol.